The summed E-state index contributed by atoms with van der Waals surface area (Å²) in [5, 5.41) is 2.54. The van der Waals surface area contributed by atoms with Gasteiger partial charge in [0.05, 0.1) is 6.54 Å². The summed E-state index contributed by atoms with van der Waals surface area (Å²) in [4.78, 5) is 24.5. The highest BCUT2D eigenvalue weighted by atomic mass is 16.5. The lowest BCUT2D eigenvalue weighted by Gasteiger charge is -2.22. The van der Waals surface area contributed by atoms with E-state index in [0.29, 0.717) is 5.75 Å². The third-order valence-electron chi connectivity index (χ3n) is 2.99. The van der Waals surface area contributed by atoms with E-state index >= 15 is 0 Å². The van der Waals surface area contributed by atoms with Crippen LogP contribution in [0.25, 0.3) is 0 Å². The second-order valence-electron chi connectivity index (χ2n) is 6.10. The van der Waals surface area contributed by atoms with E-state index in [2.05, 4.69) is 26.1 Å². The van der Waals surface area contributed by atoms with Crippen molar-refractivity contribution in [3.05, 3.63) is 29.8 Å². The van der Waals surface area contributed by atoms with Gasteiger partial charge in [-0.2, -0.15) is 0 Å². The van der Waals surface area contributed by atoms with Gasteiger partial charge >= 0.3 is 0 Å². The van der Waals surface area contributed by atoms with E-state index < -0.39 is 0 Å². The molecule has 0 aliphatic rings. The van der Waals surface area contributed by atoms with Gasteiger partial charge in [0.25, 0.3) is 5.91 Å². The van der Waals surface area contributed by atoms with E-state index in [0.717, 1.165) is 5.56 Å². The molecule has 0 unspecified atom stereocenters. The van der Waals surface area contributed by atoms with Crippen LogP contribution in [0.5, 0.6) is 5.75 Å². The lowest BCUT2D eigenvalue weighted by Crippen LogP contribution is -2.38. The van der Waals surface area contributed by atoms with Gasteiger partial charge < -0.3 is 15.0 Å². The predicted molar refractivity (Wildman–Crippen MR) is 82.3 cm³/mol. The summed E-state index contributed by atoms with van der Waals surface area (Å²) < 4.78 is 5.58. The van der Waals surface area contributed by atoms with Crippen molar-refractivity contribution in [2.45, 2.75) is 26.2 Å². The van der Waals surface area contributed by atoms with Crippen LogP contribution in [-0.4, -0.2) is 44.0 Å². The Balaban J connectivity index is 2.56. The maximum absolute atomic E-state index is 11.7. The van der Waals surface area contributed by atoms with Gasteiger partial charge in [0, 0.05) is 14.1 Å². The molecule has 2 amide bonds. The van der Waals surface area contributed by atoms with Crippen molar-refractivity contribution < 1.29 is 14.3 Å². The maximum Gasteiger partial charge on any atom is 0.258 e. The minimum absolute atomic E-state index is 0.0177. The molecule has 0 heterocycles. The molecule has 116 valence electrons. The molecule has 5 nitrogen and oxygen atoms in total. The van der Waals surface area contributed by atoms with Gasteiger partial charge in [0.2, 0.25) is 5.91 Å². The van der Waals surface area contributed by atoms with Crippen molar-refractivity contribution in [2.24, 2.45) is 0 Å². The number of para-hydroxylation sites is 1. The number of nitrogens with zero attached hydrogens (tertiary/aromatic N) is 1. The maximum atomic E-state index is 11.7. The van der Waals surface area contributed by atoms with E-state index in [1.165, 1.54) is 4.90 Å². The van der Waals surface area contributed by atoms with E-state index in [9.17, 15) is 9.59 Å². The monoisotopic (exact) mass is 292 g/mol. The second-order valence-corrected chi connectivity index (χ2v) is 6.10. The zero-order valence-electron chi connectivity index (χ0n) is 13.4. The Morgan fingerprint density at radius 1 is 1.19 bits per heavy atom. The lowest BCUT2D eigenvalue weighted by atomic mass is 9.86. The first-order valence-electron chi connectivity index (χ1n) is 6.91. The summed E-state index contributed by atoms with van der Waals surface area (Å²) in [5.41, 5.74) is 0.982. The molecule has 0 spiro atoms. The van der Waals surface area contributed by atoms with Crippen molar-refractivity contribution in [1.29, 1.82) is 0 Å². The van der Waals surface area contributed by atoms with Crippen molar-refractivity contribution in [3.63, 3.8) is 0 Å². The summed E-state index contributed by atoms with van der Waals surface area (Å²) in [6.45, 7) is 6.14. The number of hydrogen-bond donors (Lipinski definition) is 1. The van der Waals surface area contributed by atoms with E-state index in [-0.39, 0.29) is 30.4 Å². The van der Waals surface area contributed by atoms with Gasteiger partial charge in [-0.1, -0.05) is 39.0 Å². The number of ether oxygens (including phenoxy) is 1. The molecule has 0 aromatic heterocycles. The fourth-order valence-electron chi connectivity index (χ4n) is 1.74. The first-order valence-corrected chi connectivity index (χ1v) is 6.91. The topological polar surface area (TPSA) is 58.6 Å². The van der Waals surface area contributed by atoms with Crippen LogP contribution in [-0.2, 0) is 15.0 Å². The number of carbonyl (C=O) groups is 2. The summed E-state index contributed by atoms with van der Waals surface area (Å²) in [6.07, 6.45) is 0. The predicted octanol–water partition coefficient (Wildman–Crippen LogP) is 1.57. The molecule has 0 saturated heterocycles. The van der Waals surface area contributed by atoms with Crippen molar-refractivity contribution in [3.8, 4) is 5.75 Å². The third kappa shape index (κ3) is 5.45. The van der Waals surface area contributed by atoms with Crippen LogP contribution in [0.3, 0.4) is 0 Å². The molecular formula is C16H24N2O3. The molecular weight excluding hydrogens is 268 g/mol. The molecule has 0 atom stereocenters. The number of hydrogen-bond acceptors (Lipinski definition) is 3. The van der Waals surface area contributed by atoms with Gasteiger partial charge in [0.15, 0.2) is 6.61 Å². The molecule has 21 heavy (non-hydrogen) atoms. The number of rotatable bonds is 5. The summed E-state index contributed by atoms with van der Waals surface area (Å²) in [7, 11) is 3.29. The molecule has 1 aromatic carbocycles. The average molecular weight is 292 g/mol. The van der Waals surface area contributed by atoms with Gasteiger partial charge in [-0.15, -0.1) is 0 Å². The number of nitrogens with one attached hydrogen (secondary N) is 1. The Morgan fingerprint density at radius 3 is 2.38 bits per heavy atom. The van der Waals surface area contributed by atoms with Crippen LogP contribution in [0, 0.1) is 0 Å². The normalized spacial score (nSPS) is 10.9. The van der Waals surface area contributed by atoms with Gasteiger partial charge in [-0.05, 0) is 17.0 Å². The molecule has 0 aliphatic heterocycles. The van der Waals surface area contributed by atoms with Crippen LogP contribution in [0.2, 0.25) is 0 Å². The Kier molecular flexibility index (Phi) is 5.76. The standard InChI is InChI=1S/C16H24N2O3/c1-16(2,3)12-8-6-7-9-13(12)21-11-14(19)17-10-15(20)18(4)5/h6-9H,10-11H2,1-5H3,(H,17,19). The molecule has 0 fully saturated rings. The zero-order valence-corrected chi connectivity index (χ0v) is 13.4. The van der Waals surface area contributed by atoms with Gasteiger partial charge in [-0.3, -0.25) is 9.59 Å². The van der Waals surface area contributed by atoms with Crippen molar-refractivity contribution in [1.82, 2.24) is 10.2 Å². The minimum Gasteiger partial charge on any atom is -0.483 e. The third-order valence-corrected chi connectivity index (χ3v) is 2.99. The molecule has 0 aliphatic carbocycles. The first kappa shape index (κ1) is 17.0. The Bertz CT molecular complexity index is 504. The summed E-state index contributed by atoms with van der Waals surface area (Å²) >= 11 is 0. The van der Waals surface area contributed by atoms with Crippen LogP contribution in [0.1, 0.15) is 26.3 Å². The fourth-order valence-corrected chi connectivity index (χ4v) is 1.74. The van der Waals surface area contributed by atoms with E-state index in [4.69, 9.17) is 4.74 Å². The Labute approximate surface area is 126 Å². The number of likely N-dealkylation sites (N-methyl/N-ethyl adjacent to an activating group) is 1. The van der Waals surface area contributed by atoms with Crippen LogP contribution in [0.15, 0.2) is 24.3 Å². The Hall–Kier alpha value is -2.04. The molecule has 0 saturated carbocycles. The number of carbonyl (C=O) groups excluding carboxylic acids is 2. The zero-order chi connectivity index (χ0) is 16.0. The Morgan fingerprint density at radius 2 is 1.81 bits per heavy atom. The van der Waals surface area contributed by atoms with Gasteiger partial charge in [-0.25, -0.2) is 0 Å². The van der Waals surface area contributed by atoms with Crippen molar-refractivity contribution in [2.75, 3.05) is 27.2 Å². The summed E-state index contributed by atoms with van der Waals surface area (Å²) in [5.74, 6) is 0.228. The smallest absolute Gasteiger partial charge is 0.258 e. The van der Waals surface area contributed by atoms with Crippen LogP contribution in [0.4, 0.5) is 0 Å². The molecule has 1 aromatic rings. The van der Waals surface area contributed by atoms with Crippen LogP contribution < -0.4 is 10.1 Å². The molecule has 0 radical (unpaired) electrons. The number of amides is 2. The molecule has 5 heteroatoms. The van der Waals surface area contributed by atoms with Gasteiger partial charge in [0.1, 0.15) is 5.75 Å². The highest BCUT2D eigenvalue weighted by Crippen LogP contribution is 2.30. The number of benzene rings is 1. The quantitative estimate of drug-likeness (QED) is 0.896. The lowest BCUT2D eigenvalue weighted by molar-refractivity contribution is -0.131. The molecule has 0 bridgehead atoms. The van der Waals surface area contributed by atoms with E-state index in [1.54, 1.807) is 14.1 Å². The highest BCUT2D eigenvalue weighted by Gasteiger charge is 2.19. The SMILES string of the molecule is CN(C)C(=O)CNC(=O)COc1ccccc1C(C)(C)C. The minimum atomic E-state index is -0.311. The summed E-state index contributed by atoms with van der Waals surface area (Å²) in [6, 6.07) is 7.66. The molecule has 1 N–H and O–H groups in total. The second kappa shape index (κ2) is 7.11. The molecule has 1 rings (SSSR count). The van der Waals surface area contributed by atoms with E-state index in [1.807, 2.05) is 24.3 Å². The average Bonchev–Trinajstić information content (AvgIpc) is 2.41. The first-order chi connectivity index (χ1) is 9.71. The fraction of sp³-hybridized carbons (Fsp3) is 0.500. The largest absolute Gasteiger partial charge is 0.483 e. The highest BCUT2D eigenvalue weighted by molar-refractivity contribution is 5.85. The van der Waals surface area contributed by atoms with Crippen molar-refractivity contribution >= 4 is 11.8 Å². The van der Waals surface area contributed by atoms with Crippen LogP contribution >= 0.6 is 0 Å².